The minimum Gasteiger partial charge on any atom is -0.248 e. The molecule has 2 rings (SSSR count). The second kappa shape index (κ2) is 7.08. The van der Waals surface area contributed by atoms with E-state index in [1.54, 1.807) is 0 Å². The summed E-state index contributed by atoms with van der Waals surface area (Å²) in [6, 6.07) is 12.5. The standard InChI is InChI=1S/C18H23N/c1-3-5-8-15(4-2)11-13-17-14-12-16-9-6-7-10-18(16)19-17/h6-7,9-15H,3-5,8H2,1-2H3/b13-11+/t15-/m1/s1. The fourth-order valence-corrected chi connectivity index (χ4v) is 2.31. The number of unbranched alkanes of at least 4 members (excludes halogenated alkanes) is 1. The molecule has 0 bridgehead atoms. The summed E-state index contributed by atoms with van der Waals surface area (Å²) in [4.78, 5) is 4.67. The predicted octanol–water partition coefficient (Wildman–Crippen LogP) is 5.46. The van der Waals surface area contributed by atoms with E-state index in [0.717, 1.165) is 11.2 Å². The molecule has 0 unspecified atom stereocenters. The van der Waals surface area contributed by atoms with Gasteiger partial charge in [-0.25, -0.2) is 4.98 Å². The van der Waals surface area contributed by atoms with E-state index in [9.17, 15) is 0 Å². The number of nitrogens with zero attached hydrogens (tertiary/aromatic N) is 1. The normalized spacial score (nSPS) is 13.2. The lowest BCUT2D eigenvalue weighted by Crippen LogP contribution is -1.94. The number of hydrogen-bond acceptors (Lipinski definition) is 1. The highest BCUT2D eigenvalue weighted by Gasteiger charge is 2.01. The molecular formula is C18H23N. The van der Waals surface area contributed by atoms with E-state index in [2.05, 4.69) is 61.3 Å². The molecule has 1 aromatic heterocycles. The number of hydrogen-bond donors (Lipinski definition) is 0. The van der Waals surface area contributed by atoms with Crippen molar-refractivity contribution in [2.75, 3.05) is 0 Å². The molecule has 0 aliphatic carbocycles. The van der Waals surface area contributed by atoms with Gasteiger partial charge >= 0.3 is 0 Å². The Kier molecular flexibility index (Phi) is 5.14. The van der Waals surface area contributed by atoms with Crippen LogP contribution in [0, 0.1) is 5.92 Å². The molecule has 1 heterocycles. The average Bonchev–Trinajstić information content (AvgIpc) is 2.47. The monoisotopic (exact) mass is 253 g/mol. The minimum absolute atomic E-state index is 0.688. The molecule has 0 N–H and O–H groups in total. The zero-order valence-corrected chi connectivity index (χ0v) is 12.0. The molecule has 1 atom stereocenters. The van der Waals surface area contributed by atoms with Gasteiger partial charge < -0.3 is 0 Å². The molecule has 0 spiro atoms. The van der Waals surface area contributed by atoms with Crippen LogP contribution in [0.15, 0.2) is 42.5 Å². The molecule has 1 aromatic carbocycles. The Bertz CT molecular complexity index is 542. The maximum absolute atomic E-state index is 4.67. The van der Waals surface area contributed by atoms with Gasteiger partial charge in [0.15, 0.2) is 0 Å². The first-order valence-electron chi connectivity index (χ1n) is 7.37. The number of allylic oxidation sites excluding steroid dienone is 1. The molecule has 0 saturated heterocycles. The SMILES string of the molecule is CCCC[C@H](/C=C/c1ccc2ccccc2n1)CC. The van der Waals surface area contributed by atoms with Crippen molar-refractivity contribution in [3.8, 4) is 0 Å². The lowest BCUT2D eigenvalue weighted by molar-refractivity contribution is 0.542. The van der Waals surface area contributed by atoms with Gasteiger partial charge in [0.05, 0.1) is 11.2 Å². The third-order valence-corrected chi connectivity index (χ3v) is 3.61. The van der Waals surface area contributed by atoms with Gasteiger partial charge in [-0.1, -0.05) is 57.0 Å². The first-order valence-corrected chi connectivity index (χ1v) is 7.37. The van der Waals surface area contributed by atoms with Crippen LogP contribution in [0.1, 0.15) is 45.2 Å². The van der Waals surface area contributed by atoms with E-state index in [1.807, 2.05) is 6.07 Å². The number of rotatable bonds is 6. The van der Waals surface area contributed by atoms with Gasteiger partial charge in [0.1, 0.15) is 0 Å². The smallest absolute Gasteiger partial charge is 0.0709 e. The zero-order chi connectivity index (χ0) is 13.5. The van der Waals surface area contributed by atoms with Crippen molar-refractivity contribution in [1.29, 1.82) is 0 Å². The van der Waals surface area contributed by atoms with Crippen LogP contribution in [0.5, 0.6) is 0 Å². The summed E-state index contributed by atoms with van der Waals surface area (Å²) in [5.74, 6) is 0.688. The van der Waals surface area contributed by atoms with E-state index in [-0.39, 0.29) is 0 Å². The first-order chi connectivity index (χ1) is 9.33. The summed E-state index contributed by atoms with van der Waals surface area (Å²) in [6.45, 7) is 4.51. The van der Waals surface area contributed by atoms with Crippen LogP contribution in [0.4, 0.5) is 0 Å². The van der Waals surface area contributed by atoms with Crippen molar-refractivity contribution in [2.45, 2.75) is 39.5 Å². The fourth-order valence-electron chi connectivity index (χ4n) is 2.31. The third kappa shape index (κ3) is 3.92. The maximum Gasteiger partial charge on any atom is 0.0709 e. The van der Waals surface area contributed by atoms with Crippen molar-refractivity contribution >= 4 is 17.0 Å². The first kappa shape index (κ1) is 13.8. The van der Waals surface area contributed by atoms with E-state index in [4.69, 9.17) is 0 Å². The molecule has 1 heteroatoms. The third-order valence-electron chi connectivity index (χ3n) is 3.61. The Balaban J connectivity index is 2.11. The number of benzene rings is 1. The molecule has 0 saturated carbocycles. The summed E-state index contributed by atoms with van der Waals surface area (Å²) in [6.07, 6.45) is 9.59. The van der Waals surface area contributed by atoms with Gasteiger partial charge in [-0.05, 0) is 37.0 Å². The molecule has 19 heavy (non-hydrogen) atoms. The van der Waals surface area contributed by atoms with E-state index in [1.165, 1.54) is 31.1 Å². The van der Waals surface area contributed by atoms with Crippen LogP contribution in [0.3, 0.4) is 0 Å². The van der Waals surface area contributed by atoms with Gasteiger partial charge in [0, 0.05) is 5.39 Å². The lowest BCUT2D eigenvalue weighted by atomic mass is 9.98. The highest BCUT2D eigenvalue weighted by Crippen LogP contribution is 2.17. The van der Waals surface area contributed by atoms with Crippen LogP contribution >= 0.6 is 0 Å². The van der Waals surface area contributed by atoms with Crippen LogP contribution < -0.4 is 0 Å². The Hall–Kier alpha value is -1.63. The van der Waals surface area contributed by atoms with Crippen LogP contribution in [0.2, 0.25) is 0 Å². The van der Waals surface area contributed by atoms with Gasteiger partial charge in [-0.3, -0.25) is 0 Å². The summed E-state index contributed by atoms with van der Waals surface area (Å²) in [5.41, 5.74) is 2.14. The number of aromatic nitrogens is 1. The van der Waals surface area contributed by atoms with Crippen molar-refractivity contribution in [3.05, 3.63) is 48.2 Å². The molecule has 2 aromatic rings. The molecular weight excluding hydrogens is 230 g/mol. The molecule has 0 radical (unpaired) electrons. The number of fused-ring (bicyclic) bond motifs is 1. The van der Waals surface area contributed by atoms with Gasteiger partial charge in [-0.15, -0.1) is 0 Å². The zero-order valence-electron chi connectivity index (χ0n) is 12.0. The Labute approximate surface area is 116 Å². The average molecular weight is 253 g/mol. The Morgan fingerprint density at radius 1 is 1.11 bits per heavy atom. The molecule has 0 fully saturated rings. The van der Waals surface area contributed by atoms with Crippen LogP contribution in [-0.2, 0) is 0 Å². The van der Waals surface area contributed by atoms with Crippen molar-refractivity contribution in [2.24, 2.45) is 5.92 Å². The van der Waals surface area contributed by atoms with Crippen LogP contribution in [-0.4, -0.2) is 4.98 Å². The molecule has 0 amide bonds. The maximum atomic E-state index is 4.67. The summed E-state index contributed by atoms with van der Waals surface area (Å²) >= 11 is 0. The van der Waals surface area contributed by atoms with Crippen LogP contribution in [0.25, 0.3) is 17.0 Å². The summed E-state index contributed by atoms with van der Waals surface area (Å²) in [7, 11) is 0. The fraction of sp³-hybridized carbons (Fsp3) is 0.389. The molecule has 1 nitrogen and oxygen atoms in total. The molecule has 100 valence electrons. The number of para-hydroxylation sites is 1. The Morgan fingerprint density at radius 3 is 2.74 bits per heavy atom. The Morgan fingerprint density at radius 2 is 1.95 bits per heavy atom. The second-order valence-electron chi connectivity index (χ2n) is 5.10. The summed E-state index contributed by atoms with van der Waals surface area (Å²) < 4.78 is 0. The van der Waals surface area contributed by atoms with Gasteiger partial charge in [-0.2, -0.15) is 0 Å². The quantitative estimate of drug-likeness (QED) is 0.665. The largest absolute Gasteiger partial charge is 0.248 e. The van der Waals surface area contributed by atoms with Gasteiger partial charge in [0.2, 0.25) is 0 Å². The van der Waals surface area contributed by atoms with Gasteiger partial charge in [0.25, 0.3) is 0 Å². The van der Waals surface area contributed by atoms with E-state index >= 15 is 0 Å². The number of pyridine rings is 1. The minimum atomic E-state index is 0.688. The van der Waals surface area contributed by atoms with E-state index < -0.39 is 0 Å². The second-order valence-corrected chi connectivity index (χ2v) is 5.10. The van der Waals surface area contributed by atoms with Crippen molar-refractivity contribution in [1.82, 2.24) is 4.98 Å². The topological polar surface area (TPSA) is 12.9 Å². The molecule has 0 aliphatic heterocycles. The van der Waals surface area contributed by atoms with E-state index in [0.29, 0.717) is 5.92 Å². The van der Waals surface area contributed by atoms with Crippen molar-refractivity contribution < 1.29 is 0 Å². The summed E-state index contributed by atoms with van der Waals surface area (Å²) in [5, 5.41) is 1.21. The lowest BCUT2D eigenvalue weighted by Gasteiger charge is -2.08. The predicted molar refractivity (Wildman–Crippen MR) is 84.1 cm³/mol. The molecule has 0 aliphatic rings. The van der Waals surface area contributed by atoms with Crippen molar-refractivity contribution in [3.63, 3.8) is 0 Å². The highest BCUT2D eigenvalue weighted by atomic mass is 14.7. The highest BCUT2D eigenvalue weighted by molar-refractivity contribution is 5.79.